The molecule has 4 heterocycles. The highest BCUT2D eigenvalue weighted by Crippen LogP contribution is 2.47. The van der Waals surface area contributed by atoms with E-state index in [1.54, 1.807) is 0 Å². The molecule has 0 saturated heterocycles. The van der Waals surface area contributed by atoms with Crippen LogP contribution in [0.15, 0.2) is 341 Å². The first-order valence-electron chi connectivity index (χ1n) is 38.3. The van der Waals surface area contributed by atoms with Gasteiger partial charge >= 0.3 is 0 Å². The van der Waals surface area contributed by atoms with Crippen molar-refractivity contribution in [2.24, 2.45) is 0 Å². The molecule has 8 heteroatoms. The van der Waals surface area contributed by atoms with Crippen LogP contribution in [0.25, 0.3) is 150 Å². The minimum atomic E-state index is 0. The zero-order valence-electron chi connectivity index (χ0n) is 64.5. The fourth-order valence-electron chi connectivity index (χ4n) is 14.1. The average molecular weight is 1490 g/mol. The van der Waals surface area contributed by atoms with E-state index in [9.17, 15) is 0 Å². The van der Waals surface area contributed by atoms with Crippen LogP contribution in [-0.2, 0) is 0 Å². The van der Waals surface area contributed by atoms with Crippen molar-refractivity contribution in [3.63, 3.8) is 0 Å². The quantitative estimate of drug-likeness (QED) is 0.0981. The summed E-state index contributed by atoms with van der Waals surface area (Å²) in [5.41, 5.74) is 13.9. The topological polar surface area (TPSA) is 41.6 Å². The zero-order valence-corrected chi connectivity index (χ0v) is 57.9. The van der Waals surface area contributed by atoms with E-state index in [1.807, 2.05) is 57.9 Å². The summed E-state index contributed by atoms with van der Waals surface area (Å²) in [5, 5.41) is 23.6. The maximum atomic E-state index is 6.35. The summed E-state index contributed by atoms with van der Waals surface area (Å²) < 4.78 is 78.8. The summed E-state index contributed by atoms with van der Waals surface area (Å²) in [7, 11) is 0. The molecule has 476 valence electrons. The number of thiophene rings is 2. The maximum Gasteiger partial charge on any atom is 0.137 e. The molecule has 0 saturated carbocycles. The van der Waals surface area contributed by atoms with Crippen LogP contribution in [0.3, 0.4) is 0 Å². The largest absolute Gasteiger partial charge is 0.456 e. The van der Waals surface area contributed by atoms with E-state index in [2.05, 4.69) is 346 Å². The first-order chi connectivity index (χ1) is 54.0. The lowest BCUT2D eigenvalue weighted by Crippen LogP contribution is -2.10. The molecule has 1 N–H and O–H groups in total. The molecule has 0 unspecified atom stereocenters. The number of fused-ring (bicyclic) bond motifs is 18. The third-order valence-electron chi connectivity index (χ3n) is 18.4. The van der Waals surface area contributed by atoms with Crippen molar-refractivity contribution in [2.45, 2.75) is 0 Å². The number of anilines is 5. The smallest absolute Gasteiger partial charge is 0.137 e. The van der Waals surface area contributed by atoms with Crippen molar-refractivity contribution >= 4 is 217 Å². The number of furan rings is 2. The van der Waals surface area contributed by atoms with E-state index in [4.69, 9.17) is 26.7 Å². The predicted octanol–water partition coefficient (Wildman–Crippen LogP) is 30.3. The van der Waals surface area contributed by atoms with E-state index in [0.717, 1.165) is 76.8 Å². The van der Waals surface area contributed by atoms with Gasteiger partial charge in [-0.25, -0.2) is 0 Å². The number of nitrogens with one attached hydrogen (secondary N) is 1. The highest BCUT2D eigenvalue weighted by molar-refractivity contribution is 14.1. The lowest BCUT2D eigenvalue weighted by Gasteiger charge is -2.26. The molecule has 97 heavy (non-hydrogen) atoms. The molecule has 0 fully saturated rings. The Morgan fingerprint density at radius 2 is 0.742 bits per heavy atom. The summed E-state index contributed by atoms with van der Waals surface area (Å²) in [5.74, 6) is 0. The van der Waals surface area contributed by atoms with E-state index < -0.39 is 0 Å². The Morgan fingerprint density at radius 1 is 0.330 bits per heavy atom. The monoisotopic (exact) mass is 1480 g/mol. The molecule has 4 aromatic heterocycles. The molecule has 0 aliphatic heterocycles. The molecular weight excluding hydrogens is 1400 g/mol. The van der Waals surface area contributed by atoms with Crippen LogP contribution >= 0.6 is 61.2 Å². The molecular formula is C89H72BrIN2O2S2. The number of nitrogens with zero attached hydrogens (tertiary/aromatic N) is 1. The van der Waals surface area contributed by atoms with E-state index in [1.165, 1.54) is 106 Å². The molecule has 0 radical (unpaired) electrons. The molecule has 20 rings (SSSR count). The summed E-state index contributed by atoms with van der Waals surface area (Å²) in [6, 6.07) is 117. The first kappa shape index (κ1) is 53.6. The summed E-state index contributed by atoms with van der Waals surface area (Å²) in [6.45, 7) is 0. The van der Waals surface area contributed by atoms with Gasteiger partial charge in [0.05, 0.1) is 22.1 Å². The van der Waals surface area contributed by atoms with Crippen molar-refractivity contribution in [2.75, 3.05) is 15.1 Å². The number of halogens is 2. The standard InChI is InChI=1S/C44H27NOS.C32H21NO.C12H7BrS.CH3I.7H2/c1-2-11-32-29(10-1)26-38(34-13-4-3-12-33(32)34)28-20-22-30(23-21-28)45(31-24-25-36-35-14-6-8-19-42(35)47-43(36)27-31)39-16-9-18-41-44(39)37-15-5-7-17-40(37)46-41;1-2-9-24-22(8-1)20-28(26-11-4-3-10-25(24)26)21-16-18-23(19-17-21)33-29-13-7-15-31-32(29)27-12-5-6-14-30(27)34-31;13-8-5-6-10-9-3-1-2-4-11(9)14-12(10)7-8;1-2;;;;;;;/h1-27H;1-20,33H;1-7H;1H3;7*1H/i;;;;6*1+1D;1+1. The fraction of sp³-hybridized carbons (Fsp3) is 0.0112. The molecule has 20 aromatic rings. The number of hydrogen-bond donors (Lipinski definition) is 1. The van der Waals surface area contributed by atoms with Crippen LogP contribution < -0.4 is 10.2 Å². The number of para-hydroxylation sites is 2. The second-order valence-corrected chi connectivity index (χ2v) is 27.1. The highest BCUT2D eigenvalue weighted by atomic mass is 127. The van der Waals surface area contributed by atoms with Gasteiger partial charge in [-0.1, -0.05) is 257 Å². The lowest BCUT2D eigenvalue weighted by atomic mass is 9.93. The number of hydrogen-bond acceptors (Lipinski definition) is 6. The number of alkyl halides is 1. The third kappa shape index (κ3) is 11.1. The maximum absolute atomic E-state index is 6.35. The fourth-order valence-corrected chi connectivity index (χ4v) is 16.9. The summed E-state index contributed by atoms with van der Waals surface area (Å²) in [6.07, 6.45) is 0. The van der Waals surface area contributed by atoms with Crippen LogP contribution in [0.2, 0.25) is 0 Å². The SMILES string of the molecule is Brc1ccc2c(c1)sc1ccccc12.CI.[2HH].[2H][2H].[2H][2H].[2H][2H].[2H][2H].[2H][2H].[2H][2H].c1ccc2c(c1)cc(-c1ccc(N(c3ccc4c(c3)sc3ccccc34)c3cccc4oc5ccccc5c34)cc1)c1ccccc12.c1ccc2c(c1)cc(-c1ccc(Nc3cccc4oc5ccccc5c34)cc1)c1ccccc12. The van der Waals surface area contributed by atoms with Crippen molar-refractivity contribution < 1.29 is 28.1 Å². The Labute approximate surface area is 610 Å². The highest BCUT2D eigenvalue weighted by Gasteiger charge is 2.22. The second kappa shape index (κ2) is 25.9. The molecule has 0 atom stereocenters. The summed E-state index contributed by atoms with van der Waals surface area (Å²) >= 11 is 9.34. The Morgan fingerprint density at radius 3 is 1.32 bits per heavy atom. The van der Waals surface area contributed by atoms with Gasteiger partial charge in [0, 0.05) is 91.9 Å². The van der Waals surface area contributed by atoms with E-state index in [-0.39, 0.29) is 1.43 Å². The molecule has 0 aliphatic carbocycles. The number of benzene rings is 16. The molecule has 16 aromatic carbocycles. The van der Waals surface area contributed by atoms with E-state index in [0.29, 0.717) is 0 Å². The minimum absolute atomic E-state index is 0. The molecule has 4 nitrogen and oxygen atoms in total. The van der Waals surface area contributed by atoms with Gasteiger partial charge < -0.3 is 19.1 Å². The van der Waals surface area contributed by atoms with Crippen LogP contribution in [0.5, 0.6) is 0 Å². The van der Waals surface area contributed by atoms with Crippen molar-refractivity contribution in [3.8, 4) is 22.3 Å². The van der Waals surface area contributed by atoms with Gasteiger partial charge in [0.1, 0.15) is 22.3 Å². The van der Waals surface area contributed by atoms with Crippen LogP contribution in [0, 0.1) is 0 Å². The van der Waals surface area contributed by atoms with Gasteiger partial charge in [-0.2, -0.15) is 0 Å². The van der Waals surface area contributed by atoms with Crippen molar-refractivity contribution in [1.82, 2.24) is 0 Å². The molecule has 0 amide bonds. The van der Waals surface area contributed by atoms with Gasteiger partial charge in [0.15, 0.2) is 0 Å². The Hall–Kier alpha value is -10.6. The Bertz CT molecular complexity index is 6420. The predicted molar refractivity (Wildman–Crippen MR) is 447 cm³/mol. The molecule has 0 aliphatic rings. The molecule has 0 spiro atoms. The van der Waals surface area contributed by atoms with Crippen molar-refractivity contribution in [3.05, 3.63) is 332 Å². The third-order valence-corrected chi connectivity index (χ3v) is 21.2. The van der Waals surface area contributed by atoms with Crippen LogP contribution in [0.4, 0.5) is 28.4 Å². The number of rotatable bonds is 7. The van der Waals surface area contributed by atoms with Gasteiger partial charge in [-0.05, 0) is 179 Å². The van der Waals surface area contributed by atoms with Crippen molar-refractivity contribution in [1.29, 1.82) is 0 Å². The van der Waals surface area contributed by atoms with Gasteiger partial charge in [0.25, 0.3) is 0 Å². The van der Waals surface area contributed by atoms with Crippen LogP contribution in [-0.4, -0.2) is 4.93 Å². The molecule has 0 bridgehead atoms. The lowest BCUT2D eigenvalue weighted by molar-refractivity contribution is 0.668. The Kier molecular flexibility index (Phi) is 14.3. The van der Waals surface area contributed by atoms with Gasteiger partial charge in [0.2, 0.25) is 0 Å². The van der Waals surface area contributed by atoms with Gasteiger partial charge in [-0.3, -0.25) is 0 Å². The first-order valence-corrected chi connectivity index (χ1v) is 36.8. The normalized spacial score (nSPS) is 11.9. The summed E-state index contributed by atoms with van der Waals surface area (Å²) in [4.78, 5) is 4.36. The average Bonchev–Trinajstić information content (AvgIpc) is 0.794. The van der Waals surface area contributed by atoms with E-state index >= 15 is 0 Å². The van der Waals surface area contributed by atoms with Gasteiger partial charge in [-0.15, -0.1) is 22.7 Å². The minimum Gasteiger partial charge on any atom is -0.456 e. The van der Waals surface area contributed by atoms with Crippen LogP contribution in [0.1, 0.15) is 19.2 Å². The zero-order chi connectivity index (χ0) is 76.9. The second-order valence-electron chi connectivity index (χ2n) is 24.0. The Balaban J connectivity index is 0.000000178.